The highest BCUT2D eigenvalue weighted by molar-refractivity contribution is 5.98. The Balaban J connectivity index is 1.56. The average molecular weight is 341 g/mol. The van der Waals surface area contributed by atoms with E-state index < -0.39 is 0 Å². The lowest BCUT2D eigenvalue weighted by Gasteiger charge is -2.19. The van der Waals surface area contributed by atoms with E-state index in [4.69, 9.17) is 0 Å². The highest BCUT2D eigenvalue weighted by Crippen LogP contribution is 2.22. The van der Waals surface area contributed by atoms with Gasteiger partial charge in [-0.25, -0.2) is 9.67 Å². The zero-order chi connectivity index (χ0) is 17.8. The first-order chi connectivity index (χ1) is 12.1. The van der Waals surface area contributed by atoms with E-state index in [-0.39, 0.29) is 24.3 Å². The third-order valence-electron chi connectivity index (χ3n) is 4.51. The molecule has 0 spiro atoms. The van der Waals surface area contributed by atoms with E-state index in [9.17, 15) is 9.59 Å². The summed E-state index contributed by atoms with van der Waals surface area (Å²) in [7, 11) is 0. The first-order valence-corrected chi connectivity index (χ1v) is 8.68. The van der Waals surface area contributed by atoms with Crippen LogP contribution in [0.2, 0.25) is 0 Å². The molecule has 2 aromatic rings. The van der Waals surface area contributed by atoms with Crippen molar-refractivity contribution in [3.63, 3.8) is 0 Å². The van der Waals surface area contributed by atoms with Gasteiger partial charge in [-0.15, -0.1) is 0 Å². The molecule has 2 heterocycles. The molecule has 2 amide bonds. The number of fused-ring (bicyclic) bond motifs is 1. The molecular formula is C18H23N5O2. The maximum Gasteiger partial charge on any atom is 0.254 e. The van der Waals surface area contributed by atoms with Gasteiger partial charge in [0.15, 0.2) is 0 Å². The molecule has 3 rings (SSSR count). The van der Waals surface area contributed by atoms with Crippen LogP contribution >= 0.6 is 0 Å². The Kier molecular flexibility index (Phi) is 5.11. The van der Waals surface area contributed by atoms with Crippen molar-refractivity contribution in [3.8, 4) is 0 Å². The molecule has 7 nitrogen and oxygen atoms in total. The molecule has 1 N–H and O–H groups in total. The molecule has 0 saturated carbocycles. The smallest absolute Gasteiger partial charge is 0.254 e. The molecule has 132 valence electrons. The fourth-order valence-electron chi connectivity index (χ4n) is 3.13. The minimum absolute atomic E-state index is 0.00108. The zero-order valence-electron chi connectivity index (χ0n) is 14.6. The van der Waals surface area contributed by atoms with Gasteiger partial charge in [0.2, 0.25) is 5.91 Å². The Morgan fingerprint density at radius 1 is 1.32 bits per heavy atom. The Labute approximate surface area is 147 Å². The third-order valence-corrected chi connectivity index (χ3v) is 4.51. The molecular weight excluding hydrogens is 318 g/mol. The number of aromatic nitrogens is 3. The van der Waals surface area contributed by atoms with Gasteiger partial charge < -0.3 is 10.2 Å². The van der Waals surface area contributed by atoms with Gasteiger partial charge in [-0.05, 0) is 25.0 Å². The maximum atomic E-state index is 12.3. The van der Waals surface area contributed by atoms with Crippen molar-refractivity contribution in [2.75, 3.05) is 6.54 Å². The summed E-state index contributed by atoms with van der Waals surface area (Å²) in [6.07, 6.45) is 2.52. The molecule has 1 unspecified atom stereocenters. The topological polar surface area (TPSA) is 80.1 Å². The van der Waals surface area contributed by atoms with Crippen LogP contribution in [0.5, 0.6) is 0 Å². The van der Waals surface area contributed by atoms with Crippen LogP contribution in [0.1, 0.15) is 54.5 Å². The molecule has 1 aliphatic heterocycles. The molecule has 0 bridgehead atoms. The monoisotopic (exact) mass is 341 g/mol. The summed E-state index contributed by atoms with van der Waals surface area (Å²) in [6.45, 7) is 5.69. The van der Waals surface area contributed by atoms with Crippen LogP contribution in [0.4, 0.5) is 0 Å². The van der Waals surface area contributed by atoms with Crippen LogP contribution in [0, 0.1) is 0 Å². The van der Waals surface area contributed by atoms with Crippen LogP contribution in [-0.4, -0.2) is 38.0 Å². The summed E-state index contributed by atoms with van der Waals surface area (Å²) in [4.78, 5) is 30.7. The van der Waals surface area contributed by atoms with Crippen LogP contribution < -0.4 is 5.32 Å². The summed E-state index contributed by atoms with van der Waals surface area (Å²) < 4.78 is 1.79. The second-order valence-electron chi connectivity index (χ2n) is 6.10. The van der Waals surface area contributed by atoms with Gasteiger partial charge in [0.05, 0.1) is 6.04 Å². The van der Waals surface area contributed by atoms with Crippen LogP contribution in [0.3, 0.4) is 0 Å². The summed E-state index contributed by atoms with van der Waals surface area (Å²) in [5, 5.41) is 7.16. The SMILES string of the molecule is CCC(NC(=O)CCN1Cc2ccccc2C1=O)c1ncnn1CC. The Hall–Kier alpha value is -2.70. The van der Waals surface area contributed by atoms with Crippen molar-refractivity contribution in [1.29, 1.82) is 0 Å². The standard InChI is InChI=1S/C18H23N5O2/c1-3-15(17-19-12-20-23(17)4-2)21-16(24)9-10-22-11-13-7-5-6-8-14(13)18(22)25/h5-8,12,15H,3-4,9-11H2,1-2H3,(H,21,24). The summed E-state index contributed by atoms with van der Waals surface area (Å²) in [5.41, 5.74) is 1.76. The number of rotatable bonds is 7. The number of carbonyl (C=O) groups is 2. The normalized spacial score (nSPS) is 14.5. The first-order valence-electron chi connectivity index (χ1n) is 8.68. The predicted molar refractivity (Wildman–Crippen MR) is 92.7 cm³/mol. The van der Waals surface area contributed by atoms with Gasteiger partial charge in [0.1, 0.15) is 12.2 Å². The Bertz CT molecular complexity index is 770. The lowest BCUT2D eigenvalue weighted by molar-refractivity contribution is -0.122. The second kappa shape index (κ2) is 7.46. The highest BCUT2D eigenvalue weighted by Gasteiger charge is 2.27. The summed E-state index contributed by atoms with van der Waals surface area (Å²) in [5.74, 6) is 0.686. The Morgan fingerprint density at radius 3 is 2.84 bits per heavy atom. The first kappa shape index (κ1) is 17.1. The van der Waals surface area contributed by atoms with E-state index in [1.165, 1.54) is 6.33 Å². The van der Waals surface area contributed by atoms with E-state index in [1.54, 1.807) is 9.58 Å². The van der Waals surface area contributed by atoms with Crippen molar-refractivity contribution < 1.29 is 9.59 Å². The maximum absolute atomic E-state index is 12.3. The van der Waals surface area contributed by atoms with Gasteiger partial charge in [-0.1, -0.05) is 25.1 Å². The number of benzene rings is 1. The largest absolute Gasteiger partial charge is 0.346 e. The molecule has 1 aliphatic rings. The van der Waals surface area contributed by atoms with Crippen molar-refractivity contribution in [2.45, 2.75) is 45.8 Å². The van der Waals surface area contributed by atoms with Crippen LogP contribution in [-0.2, 0) is 17.9 Å². The number of hydrogen-bond donors (Lipinski definition) is 1. The molecule has 0 radical (unpaired) electrons. The quantitative estimate of drug-likeness (QED) is 0.834. The van der Waals surface area contributed by atoms with Gasteiger partial charge >= 0.3 is 0 Å². The molecule has 7 heteroatoms. The molecule has 0 saturated heterocycles. The van der Waals surface area contributed by atoms with E-state index in [0.717, 1.165) is 23.4 Å². The highest BCUT2D eigenvalue weighted by atomic mass is 16.2. The van der Waals surface area contributed by atoms with Crippen molar-refractivity contribution in [2.24, 2.45) is 0 Å². The number of hydrogen-bond acceptors (Lipinski definition) is 4. The number of amides is 2. The number of nitrogens with one attached hydrogen (secondary N) is 1. The second-order valence-corrected chi connectivity index (χ2v) is 6.10. The lowest BCUT2D eigenvalue weighted by atomic mass is 10.1. The fraction of sp³-hybridized carbons (Fsp3) is 0.444. The lowest BCUT2D eigenvalue weighted by Crippen LogP contribution is -2.34. The molecule has 0 aliphatic carbocycles. The van der Waals surface area contributed by atoms with Crippen molar-refractivity contribution in [1.82, 2.24) is 25.0 Å². The molecule has 1 atom stereocenters. The number of aryl methyl sites for hydroxylation is 1. The van der Waals surface area contributed by atoms with Gasteiger partial charge in [-0.2, -0.15) is 5.10 Å². The van der Waals surface area contributed by atoms with E-state index >= 15 is 0 Å². The zero-order valence-corrected chi connectivity index (χ0v) is 14.6. The van der Waals surface area contributed by atoms with Gasteiger partial charge in [0.25, 0.3) is 5.91 Å². The average Bonchev–Trinajstić information content (AvgIpc) is 3.23. The Morgan fingerprint density at radius 2 is 2.12 bits per heavy atom. The van der Waals surface area contributed by atoms with Crippen LogP contribution in [0.25, 0.3) is 0 Å². The summed E-state index contributed by atoms with van der Waals surface area (Å²) in [6, 6.07) is 7.42. The predicted octanol–water partition coefficient (Wildman–Crippen LogP) is 1.91. The van der Waals surface area contributed by atoms with Gasteiger partial charge in [-0.3, -0.25) is 9.59 Å². The molecule has 1 aromatic heterocycles. The van der Waals surface area contributed by atoms with Crippen molar-refractivity contribution >= 4 is 11.8 Å². The fourth-order valence-corrected chi connectivity index (χ4v) is 3.13. The number of carbonyl (C=O) groups excluding carboxylic acids is 2. The van der Waals surface area contributed by atoms with E-state index in [1.807, 2.05) is 38.1 Å². The van der Waals surface area contributed by atoms with Crippen molar-refractivity contribution in [3.05, 3.63) is 47.5 Å². The summed E-state index contributed by atoms with van der Waals surface area (Å²) >= 11 is 0. The van der Waals surface area contributed by atoms with Gasteiger partial charge in [0, 0.05) is 31.6 Å². The van der Waals surface area contributed by atoms with Crippen LogP contribution in [0.15, 0.2) is 30.6 Å². The molecule has 0 fully saturated rings. The molecule has 25 heavy (non-hydrogen) atoms. The number of nitrogens with zero attached hydrogens (tertiary/aromatic N) is 4. The molecule has 1 aromatic carbocycles. The minimum atomic E-state index is -0.165. The minimum Gasteiger partial charge on any atom is -0.346 e. The van der Waals surface area contributed by atoms with E-state index in [0.29, 0.717) is 19.6 Å². The van der Waals surface area contributed by atoms with E-state index in [2.05, 4.69) is 15.4 Å². The third kappa shape index (κ3) is 3.55.